The van der Waals surface area contributed by atoms with Crippen molar-refractivity contribution in [2.45, 2.75) is 50.9 Å². The Labute approximate surface area is 137 Å². The van der Waals surface area contributed by atoms with Gasteiger partial charge in [0.25, 0.3) is 0 Å². The first kappa shape index (κ1) is 17.2. The highest BCUT2D eigenvalue weighted by atomic mass is 16.5. The van der Waals surface area contributed by atoms with Gasteiger partial charge in [-0.25, -0.2) is 4.79 Å². The second-order valence-electron chi connectivity index (χ2n) is 5.91. The van der Waals surface area contributed by atoms with Gasteiger partial charge in [0.2, 0.25) is 5.91 Å². The first-order valence-corrected chi connectivity index (χ1v) is 7.93. The molecule has 1 heterocycles. The second kappa shape index (κ2) is 7.92. The molecule has 0 aliphatic carbocycles. The molecule has 1 fully saturated rings. The van der Waals surface area contributed by atoms with E-state index in [1.165, 1.54) is 0 Å². The normalized spacial score (nSPS) is 21.7. The third-order valence-corrected chi connectivity index (χ3v) is 4.16. The molecule has 5 heteroatoms. The summed E-state index contributed by atoms with van der Waals surface area (Å²) >= 11 is 0. The van der Waals surface area contributed by atoms with Gasteiger partial charge in [-0.2, -0.15) is 0 Å². The van der Waals surface area contributed by atoms with Crippen LogP contribution in [0, 0.1) is 0 Å². The average molecular weight is 316 g/mol. The van der Waals surface area contributed by atoms with Crippen LogP contribution in [0.25, 0.3) is 0 Å². The minimum Gasteiger partial charge on any atom is -0.459 e. The largest absolute Gasteiger partial charge is 0.459 e. The number of carbonyl (C=O) groups is 2. The highest BCUT2D eigenvalue weighted by Gasteiger charge is 2.41. The molecule has 5 nitrogen and oxygen atoms in total. The minimum absolute atomic E-state index is 0.00681. The van der Waals surface area contributed by atoms with Crippen molar-refractivity contribution in [3.63, 3.8) is 0 Å². The molecule has 0 radical (unpaired) electrons. The summed E-state index contributed by atoms with van der Waals surface area (Å²) in [7, 11) is 0. The van der Waals surface area contributed by atoms with E-state index in [2.05, 4.69) is 6.58 Å². The lowest BCUT2D eigenvalue weighted by Gasteiger charge is -2.29. The van der Waals surface area contributed by atoms with Gasteiger partial charge < -0.3 is 15.4 Å². The van der Waals surface area contributed by atoms with E-state index < -0.39 is 12.1 Å². The Morgan fingerprint density at radius 1 is 1.39 bits per heavy atom. The molecule has 1 aliphatic heterocycles. The van der Waals surface area contributed by atoms with Gasteiger partial charge >= 0.3 is 5.97 Å². The van der Waals surface area contributed by atoms with Crippen LogP contribution >= 0.6 is 0 Å². The SMILES string of the molecule is C=CC[C@H](N)C(=O)N1[C@@H](C)CC[C@H]1C(=O)OCc1ccccc1. The molecule has 1 aromatic rings. The van der Waals surface area contributed by atoms with Crippen molar-refractivity contribution < 1.29 is 14.3 Å². The van der Waals surface area contributed by atoms with Crippen molar-refractivity contribution in [1.82, 2.24) is 4.90 Å². The topological polar surface area (TPSA) is 72.6 Å². The summed E-state index contributed by atoms with van der Waals surface area (Å²) in [6, 6.07) is 8.28. The van der Waals surface area contributed by atoms with Gasteiger partial charge in [0.05, 0.1) is 6.04 Å². The van der Waals surface area contributed by atoms with Gasteiger partial charge in [0, 0.05) is 6.04 Å². The number of amides is 1. The number of ether oxygens (including phenoxy) is 1. The summed E-state index contributed by atoms with van der Waals surface area (Å²) in [6.45, 7) is 5.75. The van der Waals surface area contributed by atoms with Gasteiger partial charge in [0.1, 0.15) is 12.6 Å². The molecule has 124 valence electrons. The number of hydrogen-bond donors (Lipinski definition) is 1. The molecule has 1 aliphatic rings. The maximum Gasteiger partial charge on any atom is 0.329 e. The Kier molecular flexibility index (Phi) is 5.93. The van der Waals surface area contributed by atoms with Crippen LogP contribution in [0.5, 0.6) is 0 Å². The number of esters is 1. The number of rotatable bonds is 6. The number of hydrogen-bond acceptors (Lipinski definition) is 4. The molecule has 1 aromatic carbocycles. The van der Waals surface area contributed by atoms with Crippen LogP contribution in [-0.2, 0) is 20.9 Å². The van der Waals surface area contributed by atoms with E-state index in [1.807, 2.05) is 37.3 Å². The lowest BCUT2D eigenvalue weighted by Crippen LogP contribution is -2.51. The second-order valence-corrected chi connectivity index (χ2v) is 5.91. The molecular weight excluding hydrogens is 292 g/mol. The van der Waals surface area contributed by atoms with Crippen LogP contribution in [0.15, 0.2) is 43.0 Å². The maximum absolute atomic E-state index is 12.5. The van der Waals surface area contributed by atoms with Crippen LogP contribution in [0.2, 0.25) is 0 Å². The number of carbonyl (C=O) groups excluding carboxylic acids is 2. The Morgan fingerprint density at radius 3 is 2.74 bits per heavy atom. The summed E-state index contributed by atoms with van der Waals surface area (Å²) in [4.78, 5) is 26.4. The first-order valence-electron chi connectivity index (χ1n) is 7.93. The van der Waals surface area contributed by atoms with Crippen LogP contribution in [0.4, 0.5) is 0 Å². The van der Waals surface area contributed by atoms with E-state index in [0.717, 1.165) is 12.0 Å². The zero-order chi connectivity index (χ0) is 16.8. The fourth-order valence-corrected chi connectivity index (χ4v) is 2.88. The molecule has 1 saturated heterocycles. The molecule has 1 amide bonds. The van der Waals surface area contributed by atoms with Crippen LogP contribution in [0.3, 0.4) is 0 Å². The molecule has 23 heavy (non-hydrogen) atoms. The Bertz CT molecular complexity index is 559. The third-order valence-electron chi connectivity index (χ3n) is 4.16. The Morgan fingerprint density at radius 2 is 2.09 bits per heavy atom. The summed E-state index contributed by atoms with van der Waals surface area (Å²) < 4.78 is 5.39. The summed E-state index contributed by atoms with van der Waals surface area (Å²) in [6.07, 6.45) is 3.40. The monoisotopic (exact) mass is 316 g/mol. The highest BCUT2D eigenvalue weighted by Crippen LogP contribution is 2.26. The van der Waals surface area contributed by atoms with E-state index in [1.54, 1.807) is 11.0 Å². The fourth-order valence-electron chi connectivity index (χ4n) is 2.88. The molecule has 0 aromatic heterocycles. The molecule has 0 bridgehead atoms. The van der Waals surface area contributed by atoms with E-state index in [9.17, 15) is 9.59 Å². The van der Waals surface area contributed by atoms with E-state index in [-0.39, 0.29) is 24.5 Å². The highest BCUT2D eigenvalue weighted by molar-refractivity contribution is 5.88. The van der Waals surface area contributed by atoms with Crippen LogP contribution in [-0.4, -0.2) is 34.9 Å². The average Bonchev–Trinajstić information content (AvgIpc) is 2.94. The number of likely N-dealkylation sites (tertiary alicyclic amines) is 1. The van der Waals surface area contributed by atoms with Crippen LogP contribution in [0.1, 0.15) is 31.7 Å². The maximum atomic E-state index is 12.5. The van der Waals surface area contributed by atoms with E-state index >= 15 is 0 Å². The zero-order valence-corrected chi connectivity index (χ0v) is 13.5. The summed E-state index contributed by atoms with van der Waals surface area (Å²) in [5.41, 5.74) is 6.81. The predicted octanol–water partition coefficient (Wildman–Crippen LogP) is 2.01. The van der Waals surface area contributed by atoms with Gasteiger partial charge in [0.15, 0.2) is 0 Å². The van der Waals surface area contributed by atoms with E-state index in [0.29, 0.717) is 12.8 Å². The summed E-state index contributed by atoms with van der Waals surface area (Å²) in [5, 5.41) is 0. The third kappa shape index (κ3) is 4.20. The number of benzene rings is 1. The quantitative estimate of drug-likeness (QED) is 0.644. The smallest absolute Gasteiger partial charge is 0.329 e. The number of nitrogens with two attached hydrogens (primary N) is 1. The Hall–Kier alpha value is -2.14. The van der Waals surface area contributed by atoms with Crippen molar-refractivity contribution in [1.29, 1.82) is 0 Å². The molecule has 0 unspecified atom stereocenters. The van der Waals surface area contributed by atoms with E-state index in [4.69, 9.17) is 10.5 Å². The Balaban J connectivity index is 2.00. The van der Waals surface area contributed by atoms with Crippen molar-refractivity contribution in [3.8, 4) is 0 Å². The molecular formula is C18H24N2O3. The lowest BCUT2D eigenvalue weighted by molar-refractivity contribution is -0.155. The molecule has 0 spiro atoms. The summed E-state index contributed by atoms with van der Waals surface area (Å²) in [5.74, 6) is -0.575. The lowest BCUT2D eigenvalue weighted by atomic mass is 10.1. The standard InChI is InChI=1S/C18H24N2O3/c1-3-7-15(19)17(21)20-13(2)10-11-16(20)18(22)23-12-14-8-5-4-6-9-14/h3-6,8-9,13,15-16H,1,7,10-12,19H2,2H3/t13-,15-,16-/m0/s1. The fraction of sp³-hybridized carbons (Fsp3) is 0.444. The van der Waals surface area contributed by atoms with Crippen molar-refractivity contribution in [3.05, 3.63) is 48.6 Å². The minimum atomic E-state index is -0.655. The van der Waals surface area contributed by atoms with Crippen LogP contribution < -0.4 is 5.73 Å². The van der Waals surface area contributed by atoms with Crippen molar-refractivity contribution in [2.75, 3.05) is 0 Å². The molecule has 0 saturated carbocycles. The van der Waals surface area contributed by atoms with Gasteiger partial charge in [-0.1, -0.05) is 36.4 Å². The first-order chi connectivity index (χ1) is 11.0. The zero-order valence-electron chi connectivity index (χ0n) is 13.5. The van der Waals surface area contributed by atoms with Gasteiger partial charge in [-0.05, 0) is 31.7 Å². The molecule has 2 N–H and O–H groups in total. The van der Waals surface area contributed by atoms with Crippen molar-refractivity contribution in [2.24, 2.45) is 5.73 Å². The van der Waals surface area contributed by atoms with Gasteiger partial charge in [-0.3, -0.25) is 4.79 Å². The van der Waals surface area contributed by atoms with Gasteiger partial charge in [-0.15, -0.1) is 6.58 Å². The predicted molar refractivity (Wildman–Crippen MR) is 88.4 cm³/mol. The number of nitrogens with zero attached hydrogens (tertiary/aromatic N) is 1. The van der Waals surface area contributed by atoms with Crippen molar-refractivity contribution >= 4 is 11.9 Å². The molecule has 3 atom stereocenters. The molecule has 2 rings (SSSR count).